The number of nitrogens with zero attached hydrogens (tertiary/aromatic N) is 2. The van der Waals surface area contributed by atoms with Crippen molar-refractivity contribution in [1.29, 1.82) is 5.26 Å². The van der Waals surface area contributed by atoms with Crippen molar-refractivity contribution in [3.05, 3.63) is 23.4 Å². The van der Waals surface area contributed by atoms with Crippen molar-refractivity contribution in [2.45, 2.75) is 6.92 Å². The highest BCUT2D eigenvalue weighted by molar-refractivity contribution is 5.43. The van der Waals surface area contributed by atoms with Gasteiger partial charge in [-0.15, -0.1) is 0 Å². The van der Waals surface area contributed by atoms with Crippen LogP contribution in [0.3, 0.4) is 0 Å². The van der Waals surface area contributed by atoms with E-state index in [-0.39, 0.29) is 0 Å². The van der Waals surface area contributed by atoms with E-state index in [9.17, 15) is 0 Å². The third-order valence-electron chi connectivity index (χ3n) is 2.51. The third-order valence-corrected chi connectivity index (χ3v) is 2.51. The zero-order valence-electron chi connectivity index (χ0n) is 11.9. The molecule has 6 nitrogen and oxygen atoms in total. The van der Waals surface area contributed by atoms with Crippen molar-refractivity contribution in [2.75, 3.05) is 46.8 Å². The zero-order valence-corrected chi connectivity index (χ0v) is 11.9. The summed E-state index contributed by atoms with van der Waals surface area (Å²) in [5.74, 6) is 0.354. The molecule has 0 fully saturated rings. The molecular formula is C14H20N2O4. The molecule has 0 aliphatic heterocycles. The van der Waals surface area contributed by atoms with Gasteiger partial charge in [-0.2, -0.15) is 5.26 Å². The van der Waals surface area contributed by atoms with Crippen LogP contribution in [-0.4, -0.2) is 51.7 Å². The van der Waals surface area contributed by atoms with E-state index in [1.807, 2.05) is 6.92 Å². The highest BCUT2D eigenvalue weighted by Gasteiger charge is 2.07. The lowest BCUT2D eigenvalue weighted by Gasteiger charge is -2.08. The molecular weight excluding hydrogens is 260 g/mol. The molecule has 0 aromatic carbocycles. The summed E-state index contributed by atoms with van der Waals surface area (Å²) >= 11 is 0. The van der Waals surface area contributed by atoms with Gasteiger partial charge in [0.05, 0.1) is 33.0 Å². The molecule has 1 aromatic rings. The van der Waals surface area contributed by atoms with Crippen LogP contribution in [0.4, 0.5) is 0 Å². The molecule has 0 aliphatic carbocycles. The van der Waals surface area contributed by atoms with Crippen molar-refractivity contribution in [3.63, 3.8) is 0 Å². The first-order chi connectivity index (χ1) is 9.79. The number of nitriles is 1. The Morgan fingerprint density at radius 1 is 1.10 bits per heavy atom. The normalized spacial score (nSPS) is 10.2. The van der Waals surface area contributed by atoms with Crippen molar-refractivity contribution in [1.82, 2.24) is 4.98 Å². The summed E-state index contributed by atoms with van der Waals surface area (Å²) in [5, 5.41) is 9.01. The first kappa shape index (κ1) is 16.4. The number of methoxy groups -OCH3 is 1. The lowest BCUT2D eigenvalue weighted by molar-refractivity contribution is 0.0176. The number of ether oxygens (including phenoxy) is 4. The third kappa shape index (κ3) is 5.97. The standard InChI is InChI=1S/C14H20N2O4/c1-12-3-4-16-14(13(12)11-15)20-10-9-19-8-7-18-6-5-17-2/h3-4H,5-10H2,1-2H3. The quantitative estimate of drug-likeness (QED) is 0.602. The average Bonchev–Trinajstić information content (AvgIpc) is 2.45. The number of hydrogen-bond donors (Lipinski definition) is 0. The van der Waals surface area contributed by atoms with E-state index in [0.717, 1.165) is 5.56 Å². The van der Waals surface area contributed by atoms with Crippen molar-refractivity contribution in [2.24, 2.45) is 0 Å². The van der Waals surface area contributed by atoms with Crippen LogP contribution in [0.15, 0.2) is 12.3 Å². The molecule has 0 N–H and O–H groups in total. The number of aryl methyl sites for hydroxylation is 1. The fraction of sp³-hybridized carbons (Fsp3) is 0.571. The van der Waals surface area contributed by atoms with Gasteiger partial charge in [0, 0.05) is 13.3 Å². The van der Waals surface area contributed by atoms with Gasteiger partial charge in [-0.3, -0.25) is 0 Å². The average molecular weight is 280 g/mol. The molecule has 6 heteroatoms. The van der Waals surface area contributed by atoms with Gasteiger partial charge in [0.1, 0.15) is 18.2 Å². The van der Waals surface area contributed by atoms with Gasteiger partial charge < -0.3 is 18.9 Å². The summed E-state index contributed by atoms with van der Waals surface area (Å²) in [5.41, 5.74) is 1.32. The summed E-state index contributed by atoms with van der Waals surface area (Å²) in [4.78, 5) is 4.04. The lowest BCUT2D eigenvalue weighted by atomic mass is 10.2. The maximum absolute atomic E-state index is 9.01. The lowest BCUT2D eigenvalue weighted by Crippen LogP contribution is -2.13. The predicted octanol–water partition coefficient (Wildman–Crippen LogP) is 1.32. The monoisotopic (exact) mass is 280 g/mol. The van der Waals surface area contributed by atoms with Crippen LogP contribution >= 0.6 is 0 Å². The Balaban J connectivity index is 2.13. The molecule has 20 heavy (non-hydrogen) atoms. The molecule has 0 aliphatic rings. The van der Waals surface area contributed by atoms with Crippen LogP contribution in [0.5, 0.6) is 5.88 Å². The number of rotatable bonds is 10. The van der Waals surface area contributed by atoms with Crippen molar-refractivity contribution in [3.8, 4) is 11.9 Å². The first-order valence-corrected chi connectivity index (χ1v) is 6.42. The van der Waals surface area contributed by atoms with Gasteiger partial charge >= 0.3 is 0 Å². The van der Waals surface area contributed by atoms with Crippen LogP contribution in [0, 0.1) is 18.3 Å². The second kappa shape index (κ2) is 10.1. The smallest absolute Gasteiger partial charge is 0.231 e. The molecule has 0 radical (unpaired) electrons. The fourth-order valence-electron chi connectivity index (χ4n) is 1.44. The van der Waals surface area contributed by atoms with E-state index in [1.54, 1.807) is 19.4 Å². The van der Waals surface area contributed by atoms with Crippen LogP contribution in [0.2, 0.25) is 0 Å². The second-order valence-corrected chi connectivity index (χ2v) is 3.99. The molecule has 110 valence electrons. The molecule has 1 rings (SSSR count). The van der Waals surface area contributed by atoms with E-state index in [0.29, 0.717) is 51.1 Å². The van der Waals surface area contributed by atoms with Gasteiger partial charge in [-0.25, -0.2) is 4.98 Å². The molecule has 0 atom stereocenters. The minimum absolute atomic E-state index is 0.350. The van der Waals surface area contributed by atoms with E-state index in [1.165, 1.54) is 0 Å². The van der Waals surface area contributed by atoms with Gasteiger partial charge in [0.2, 0.25) is 5.88 Å². The largest absolute Gasteiger partial charge is 0.474 e. The molecule has 0 saturated carbocycles. The number of hydrogen-bond acceptors (Lipinski definition) is 6. The Bertz CT molecular complexity index is 432. The molecule has 0 saturated heterocycles. The maximum Gasteiger partial charge on any atom is 0.231 e. The Hall–Kier alpha value is -1.68. The summed E-state index contributed by atoms with van der Waals surface area (Å²) in [6.45, 7) is 4.79. The van der Waals surface area contributed by atoms with Crippen molar-refractivity contribution < 1.29 is 18.9 Å². The summed E-state index contributed by atoms with van der Waals surface area (Å²) < 4.78 is 20.9. The SMILES string of the molecule is COCCOCCOCCOc1nccc(C)c1C#N. The van der Waals surface area contributed by atoms with Gasteiger partial charge in [0.15, 0.2) is 0 Å². The minimum Gasteiger partial charge on any atom is -0.474 e. The minimum atomic E-state index is 0.350. The molecule has 0 unspecified atom stereocenters. The van der Waals surface area contributed by atoms with Crippen molar-refractivity contribution >= 4 is 0 Å². The highest BCUT2D eigenvalue weighted by atomic mass is 16.6. The van der Waals surface area contributed by atoms with Crippen LogP contribution < -0.4 is 4.74 Å². The van der Waals surface area contributed by atoms with Gasteiger partial charge in [0.25, 0.3) is 0 Å². The highest BCUT2D eigenvalue weighted by Crippen LogP contribution is 2.17. The van der Waals surface area contributed by atoms with Crippen LogP contribution in [0.25, 0.3) is 0 Å². The van der Waals surface area contributed by atoms with E-state index < -0.39 is 0 Å². The number of pyridine rings is 1. The maximum atomic E-state index is 9.01. The van der Waals surface area contributed by atoms with Gasteiger partial charge in [-0.05, 0) is 18.6 Å². The van der Waals surface area contributed by atoms with Crippen LogP contribution in [0.1, 0.15) is 11.1 Å². The van der Waals surface area contributed by atoms with E-state index in [4.69, 9.17) is 24.2 Å². The number of aromatic nitrogens is 1. The zero-order chi connectivity index (χ0) is 14.6. The Labute approximate surface area is 119 Å². The van der Waals surface area contributed by atoms with Crippen LogP contribution in [-0.2, 0) is 14.2 Å². The molecule has 0 bridgehead atoms. The summed E-state index contributed by atoms with van der Waals surface area (Å²) in [6, 6.07) is 3.86. The molecule has 1 heterocycles. The molecule has 1 aromatic heterocycles. The summed E-state index contributed by atoms with van der Waals surface area (Å²) in [7, 11) is 1.63. The van der Waals surface area contributed by atoms with Gasteiger partial charge in [-0.1, -0.05) is 0 Å². The topological polar surface area (TPSA) is 73.6 Å². The van der Waals surface area contributed by atoms with E-state index in [2.05, 4.69) is 11.1 Å². The Morgan fingerprint density at radius 2 is 1.75 bits per heavy atom. The first-order valence-electron chi connectivity index (χ1n) is 6.42. The molecule has 0 spiro atoms. The summed E-state index contributed by atoms with van der Waals surface area (Å²) in [6.07, 6.45) is 1.62. The second-order valence-electron chi connectivity index (χ2n) is 3.99. The predicted molar refractivity (Wildman–Crippen MR) is 72.7 cm³/mol. The Kier molecular flexibility index (Phi) is 8.31. The Morgan fingerprint density at radius 3 is 2.40 bits per heavy atom. The fourth-order valence-corrected chi connectivity index (χ4v) is 1.44. The van der Waals surface area contributed by atoms with E-state index >= 15 is 0 Å². The molecule has 0 amide bonds.